The van der Waals surface area contributed by atoms with Crippen molar-refractivity contribution in [3.63, 3.8) is 0 Å². The monoisotopic (exact) mass is 487 g/mol. The summed E-state index contributed by atoms with van der Waals surface area (Å²) in [5.74, 6) is -0.0153. The molecule has 34 heavy (non-hydrogen) atoms. The van der Waals surface area contributed by atoms with Crippen molar-refractivity contribution in [1.82, 2.24) is 20.2 Å². The summed E-state index contributed by atoms with van der Waals surface area (Å²) < 4.78 is 0. The van der Waals surface area contributed by atoms with Gasteiger partial charge in [-0.1, -0.05) is 13.8 Å². The molecule has 4 rings (SSSR count). The summed E-state index contributed by atoms with van der Waals surface area (Å²) in [7, 11) is 3.97. The zero-order chi connectivity index (χ0) is 24.5. The average molecular weight is 488 g/mol. The Morgan fingerprint density at radius 1 is 1.35 bits per heavy atom. The van der Waals surface area contributed by atoms with Gasteiger partial charge in [0.15, 0.2) is 5.13 Å². The third kappa shape index (κ3) is 4.71. The number of aliphatic hydroxyl groups excluding tert-OH is 2. The van der Waals surface area contributed by atoms with E-state index < -0.39 is 11.5 Å². The van der Waals surface area contributed by atoms with Crippen LogP contribution in [0, 0.1) is 16.7 Å². The molecule has 2 heterocycles. The molecule has 1 fully saturated rings. The first-order valence-electron chi connectivity index (χ1n) is 12.0. The quantitative estimate of drug-likeness (QED) is 0.453. The van der Waals surface area contributed by atoms with Gasteiger partial charge in [0.25, 0.3) is 0 Å². The molecule has 0 aromatic carbocycles. The van der Waals surface area contributed by atoms with E-state index in [2.05, 4.69) is 22.5 Å². The van der Waals surface area contributed by atoms with Crippen LogP contribution >= 0.6 is 11.3 Å². The van der Waals surface area contributed by atoms with E-state index in [-0.39, 0.29) is 29.8 Å². The van der Waals surface area contributed by atoms with E-state index >= 15 is 0 Å². The molecule has 2 aliphatic carbocycles. The van der Waals surface area contributed by atoms with Crippen LogP contribution in [0.2, 0.25) is 0 Å². The Labute approximate surface area is 205 Å². The van der Waals surface area contributed by atoms with Crippen LogP contribution in [0.25, 0.3) is 0 Å². The normalized spacial score (nSPS) is 30.5. The summed E-state index contributed by atoms with van der Waals surface area (Å²) in [5, 5.41) is 28.5. The lowest BCUT2D eigenvalue weighted by atomic mass is 9.47. The Balaban J connectivity index is 1.67. The molecule has 2 aromatic rings. The lowest BCUT2D eigenvalue weighted by Gasteiger charge is -2.58. The molecule has 5 atom stereocenters. The summed E-state index contributed by atoms with van der Waals surface area (Å²) in [6.07, 6.45) is 5.43. The van der Waals surface area contributed by atoms with Crippen molar-refractivity contribution < 1.29 is 15.0 Å². The third-order valence-electron chi connectivity index (χ3n) is 8.08. The molecule has 2 aromatic heterocycles. The van der Waals surface area contributed by atoms with Crippen molar-refractivity contribution in [2.45, 2.75) is 51.6 Å². The van der Waals surface area contributed by atoms with Crippen LogP contribution < -0.4 is 10.6 Å². The summed E-state index contributed by atoms with van der Waals surface area (Å²) in [6, 6.07) is 3.82. The van der Waals surface area contributed by atoms with Crippen LogP contribution in [0.1, 0.15) is 49.6 Å². The van der Waals surface area contributed by atoms with Crippen LogP contribution in [-0.4, -0.2) is 70.9 Å². The Bertz CT molecular complexity index is 1000. The number of anilines is 2. The van der Waals surface area contributed by atoms with Crippen LogP contribution in [0.15, 0.2) is 24.5 Å². The number of fused-ring (bicyclic) bond motifs is 2. The molecule has 186 valence electrons. The van der Waals surface area contributed by atoms with Crippen molar-refractivity contribution >= 4 is 28.1 Å². The molecule has 0 saturated heterocycles. The zero-order valence-electron chi connectivity index (χ0n) is 20.5. The average Bonchev–Trinajstić information content (AvgIpc) is 3.20. The van der Waals surface area contributed by atoms with E-state index in [9.17, 15) is 15.0 Å². The molecule has 1 saturated carbocycles. The van der Waals surface area contributed by atoms with Crippen LogP contribution in [0.4, 0.5) is 10.8 Å². The third-order valence-corrected chi connectivity index (χ3v) is 9.09. The maximum Gasteiger partial charge on any atom is 0.220 e. The highest BCUT2D eigenvalue weighted by Gasteiger charge is 2.59. The molecular formula is C25H37N5O3S. The minimum atomic E-state index is -0.620. The molecule has 1 amide bonds. The molecule has 5 unspecified atom stereocenters. The Morgan fingerprint density at radius 2 is 2.15 bits per heavy atom. The minimum Gasteiger partial charge on any atom is -0.396 e. The number of nitrogens with zero attached hydrogens (tertiary/aromatic N) is 3. The van der Waals surface area contributed by atoms with Gasteiger partial charge in [-0.15, -0.1) is 11.3 Å². The van der Waals surface area contributed by atoms with E-state index in [1.807, 2.05) is 38.1 Å². The second-order valence-corrected chi connectivity index (χ2v) is 11.7. The van der Waals surface area contributed by atoms with Gasteiger partial charge in [0.2, 0.25) is 5.91 Å². The summed E-state index contributed by atoms with van der Waals surface area (Å²) in [5.41, 5.74) is 0.980. The van der Waals surface area contributed by atoms with Gasteiger partial charge < -0.3 is 25.7 Å². The second-order valence-electron chi connectivity index (χ2n) is 10.6. The van der Waals surface area contributed by atoms with E-state index in [1.165, 1.54) is 0 Å². The molecule has 0 aliphatic heterocycles. The van der Waals surface area contributed by atoms with Gasteiger partial charge in [0.05, 0.1) is 30.3 Å². The van der Waals surface area contributed by atoms with Gasteiger partial charge in [-0.05, 0) is 56.8 Å². The smallest absolute Gasteiger partial charge is 0.220 e. The highest BCUT2D eigenvalue weighted by Crippen LogP contribution is 2.62. The van der Waals surface area contributed by atoms with Crippen molar-refractivity contribution in [3.8, 4) is 0 Å². The number of aliphatic hydroxyl groups is 2. The molecule has 0 bridgehead atoms. The molecule has 4 N–H and O–H groups in total. The van der Waals surface area contributed by atoms with E-state index in [1.54, 1.807) is 23.7 Å². The Kier molecular flexibility index (Phi) is 7.28. The first kappa shape index (κ1) is 25.0. The number of carbonyl (C=O) groups excluding carboxylic acids is 1. The zero-order valence-corrected chi connectivity index (χ0v) is 21.4. The number of carbonyl (C=O) groups is 1. The topological polar surface area (TPSA) is 111 Å². The summed E-state index contributed by atoms with van der Waals surface area (Å²) in [6.45, 7) is 5.53. The molecule has 0 spiro atoms. The van der Waals surface area contributed by atoms with E-state index in [4.69, 9.17) is 4.98 Å². The predicted octanol–water partition coefficient (Wildman–Crippen LogP) is 2.77. The van der Waals surface area contributed by atoms with Gasteiger partial charge >= 0.3 is 0 Å². The van der Waals surface area contributed by atoms with Crippen molar-refractivity contribution in [1.29, 1.82) is 0 Å². The first-order valence-corrected chi connectivity index (χ1v) is 12.9. The number of pyridine rings is 1. The number of rotatable bonds is 8. The standard InChI is InChI=1S/C25H37N5O3S/c1-24-8-7-20(32)25(2,15-31)19(24)13-18-22(17(24)12-21(33)27-10-11-30(3)4)29-23(34-18)28-16-6-5-9-26-14-16/h5-6,9,14,17,19-20,31-32H,7-8,10-13,15H2,1-4H3,(H,27,33)(H,28,29). The molecule has 0 radical (unpaired) electrons. The largest absolute Gasteiger partial charge is 0.396 e. The van der Waals surface area contributed by atoms with Crippen molar-refractivity contribution in [2.24, 2.45) is 16.7 Å². The predicted molar refractivity (Wildman–Crippen MR) is 134 cm³/mol. The SMILES string of the molecule is CN(C)CCNC(=O)CC1c2nc(Nc3cccnc3)sc2CC2C(C)(CO)C(O)CCC12C. The summed E-state index contributed by atoms with van der Waals surface area (Å²) >= 11 is 1.60. The van der Waals surface area contributed by atoms with E-state index in [0.717, 1.165) is 40.8 Å². The number of hydrogen-bond acceptors (Lipinski definition) is 8. The van der Waals surface area contributed by atoms with Crippen molar-refractivity contribution in [2.75, 3.05) is 39.1 Å². The lowest BCUT2D eigenvalue weighted by molar-refractivity contribution is -0.144. The Morgan fingerprint density at radius 3 is 2.82 bits per heavy atom. The number of thiazole rings is 1. The van der Waals surface area contributed by atoms with Crippen LogP contribution in [-0.2, 0) is 11.2 Å². The van der Waals surface area contributed by atoms with Crippen LogP contribution in [0.5, 0.6) is 0 Å². The fourth-order valence-electron chi connectivity index (χ4n) is 5.94. The van der Waals surface area contributed by atoms with Gasteiger partial charge in [0.1, 0.15) is 0 Å². The fraction of sp³-hybridized carbons (Fsp3) is 0.640. The van der Waals surface area contributed by atoms with Gasteiger partial charge in [-0.2, -0.15) is 0 Å². The van der Waals surface area contributed by atoms with E-state index in [0.29, 0.717) is 19.4 Å². The van der Waals surface area contributed by atoms with Crippen molar-refractivity contribution in [3.05, 3.63) is 35.1 Å². The van der Waals surface area contributed by atoms with Gasteiger partial charge in [-0.3, -0.25) is 9.78 Å². The number of nitrogens with one attached hydrogen (secondary N) is 2. The Hall–Kier alpha value is -2.07. The maximum atomic E-state index is 13.0. The second kappa shape index (κ2) is 9.89. The molecular weight excluding hydrogens is 450 g/mol. The fourth-order valence-corrected chi connectivity index (χ4v) is 7.02. The molecule has 2 aliphatic rings. The van der Waals surface area contributed by atoms with Gasteiger partial charge in [-0.25, -0.2) is 4.98 Å². The number of hydrogen-bond donors (Lipinski definition) is 4. The highest BCUT2D eigenvalue weighted by molar-refractivity contribution is 7.15. The summed E-state index contributed by atoms with van der Waals surface area (Å²) in [4.78, 5) is 25.4. The maximum absolute atomic E-state index is 13.0. The lowest BCUT2D eigenvalue weighted by Crippen LogP contribution is -2.57. The molecule has 8 nitrogen and oxygen atoms in total. The number of aromatic nitrogens is 2. The molecule has 9 heteroatoms. The highest BCUT2D eigenvalue weighted by atomic mass is 32.1. The first-order chi connectivity index (χ1) is 16.2. The van der Waals surface area contributed by atoms with Crippen LogP contribution in [0.3, 0.4) is 0 Å². The van der Waals surface area contributed by atoms with Gasteiger partial charge in [0, 0.05) is 41.9 Å². The minimum absolute atomic E-state index is 0.0197. The number of likely N-dealkylation sites (N-methyl/N-ethyl adjacent to an activating group) is 1. The number of amides is 1.